The zero-order chi connectivity index (χ0) is 18.6. The lowest BCUT2D eigenvalue weighted by molar-refractivity contribution is -0.139. The second kappa shape index (κ2) is 8.23. The number of nitrogens with zero attached hydrogens (tertiary/aromatic N) is 2. The van der Waals surface area contributed by atoms with Crippen LogP contribution in [0.1, 0.15) is 30.5 Å². The summed E-state index contributed by atoms with van der Waals surface area (Å²) in [5.41, 5.74) is 3.32. The quantitative estimate of drug-likeness (QED) is 0.839. The third-order valence-electron chi connectivity index (χ3n) is 4.53. The lowest BCUT2D eigenvalue weighted by atomic mass is 10.1. The van der Waals surface area contributed by atoms with Crippen LogP contribution < -0.4 is 4.74 Å². The van der Waals surface area contributed by atoms with Gasteiger partial charge in [-0.1, -0.05) is 6.07 Å². The van der Waals surface area contributed by atoms with E-state index in [-0.39, 0.29) is 12.0 Å². The van der Waals surface area contributed by atoms with Gasteiger partial charge >= 0.3 is 6.09 Å². The molecule has 2 amide bonds. The monoisotopic (exact) mass is 348 g/mol. The smallest absolute Gasteiger partial charge is 0.409 e. The molecule has 1 aromatic carbocycles. The first kappa shape index (κ1) is 19.1. The van der Waals surface area contributed by atoms with Crippen molar-refractivity contribution in [3.05, 3.63) is 28.8 Å². The summed E-state index contributed by atoms with van der Waals surface area (Å²) in [6.07, 6.45) is -0.876. The number of hydrogen-bond donors (Lipinski definition) is 0. The van der Waals surface area contributed by atoms with E-state index in [2.05, 4.69) is 6.07 Å². The zero-order valence-corrected chi connectivity index (χ0v) is 15.8. The van der Waals surface area contributed by atoms with Crippen LogP contribution in [0.4, 0.5) is 4.79 Å². The molecule has 0 saturated carbocycles. The first-order chi connectivity index (χ1) is 11.8. The van der Waals surface area contributed by atoms with Gasteiger partial charge in [-0.3, -0.25) is 4.79 Å². The Morgan fingerprint density at radius 2 is 1.68 bits per heavy atom. The number of benzene rings is 1. The van der Waals surface area contributed by atoms with Crippen molar-refractivity contribution in [3.63, 3.8) is 0 Å². The van der Waals surface area contributed by atoms with Crippen molar-refractivity contribution in [1.29, 1.82) is 0 Å². The van der Waals surface area contributed by atoms with Gasteiger partial charge in [0.1, 0.15) is 5.75 Å². The minimum Gasteiger partial charge on any atom is -0.481 e. The van der Waals surface area contributed by atoms with E-state index in [0.717, 1.165) is 22.4 Å². The molecule has 138 valence electrons. The highest BCUT2D eigenvalue weighted by molar-refractivity contribution is 5.81. The fourth-order valence-electron chi connectivity index (χ4n) is 2.95. The van der Waals surface area contributed by atoms with E-state index in [4.69, 9.17) is 9.47 Å². The normalized spacial score (nSPS) is 15.7. The Morgan fingerprint density at radius 1 is 1.08 bits per heavy atom. The summed E-state index contributed by atoms with van der Waals surface area (Å²) < 4.78 is 10.9. The highest BCUT2D eigenvalue weighted by Crippen LogP contribution is 2.24. The number of rotatable bonds is 4. The molecular formula is C19H28N2O4. The molecular weight excluding hydrogens is 320 g/mol. The van der Waals surface area contributed by atoms with Crippen LogP contribution >= 0.6 is 0 Å². The van der Waals surface area contributed by atoms with Crippen molar-refractivity contribution < 1.29 is 19.1 Å². The maximum absolute atomic E-state index is 12.7. The lowest BCUT2D eigenvalue weighted by Crippen LogP contribution is -2.53. The Morgan fingerprint density at radius 3 is 2.28 bits per heavy atom. The zero-order valence-electron chi connectivity index (χ0n) is 15.8. The van der Waals surface area contributed by atoms with Crippen molar-refractivity contribution in [3.8, 4) is 5.75 Å². The number of hydrogen-bond acceptors (Lipinski definition) is 4. The SMILES string of the molecule is CCOC(=O)N1CCN(C(=O)[C@@H](C)Oc2cc(C)cc(C)c2C)CC1. The number of piperazine rings is 1. The number of aryl methyl sites for hydroxylation is 2. The predicted octanol–water partition coefficient (Wildman–Crippen LogP) is 2.68. The molecule has 2 rings (SSSR count). The summed E-state index contributed by atoms with van der Waals surface area (Å²) >= 11 is 0. The van der Waals surface area contributed by atoms with E-state index in [1.807, 2.05) is 26.8 Å². The molecule has 0 spiro atoms. The molecule has 0 radical (unpaired) electrons. The van der Waals surface area contributed by atoms with Crippen LogP contribution in [0.2, 0.25) is 0 Å². The van der Waals surface area contributed by atoms with E-state index in [1.165, 1.54) is 0 Å². The molecule has 6 nitrogen and oxygen atoms in total. The first-order valence-corrected chi connectivity index (χ1v) is 8.78. The van der Waals surface area contributed by atoms with Gasteiger partial charge in [-0.25, -0.2) is 4.79 Å². The average Bonchev–Trinajstić information content (AvgIpc) is 2.58. The number of amides is 2. The lowest BCUT2D eigenvalue weighted by Gasteiger charge is -2.35. The van der Waals surface area contributed by atoms with E-state index in [1.54, 1.807) is 23.6 Å². The minimum absolute atomic E-state index is 0.0536. The van der Waals surface area contributed by atoms with Crippen LogP contribution in [0.25, 0.3) is 0 Å². The Hall–Kier alpha value is -2.24. The van der Waals surface area contributed by atoms with E-state index in [9.17, 15) is 9.59 Å². The van der Waals surface area contributed by atoms with Crippen LogP contribution in [-0.2, 0) is 9.53 Å². The van der Waals surface area contributed by atoms with Crippen molar-refractivity contribution in [2.45, 2.75) is 40.7 Å². The van der Waals surface area contributed by atoms with E-state index in [0.29, 0.717) is 32.8 Å². The Balaban J connectivity index is 1.94. The topological polar surface area (TPSA) is 59.1 Å². The third kappa shape index (κ3) is 4.65. The molecule has 0 aliphatic carbocycles. The van der Waals surface area contributed by atoms with Gasteiger partial charge in [0.05, 0.1) is 6.61 Å². The van der Waals surface area contributed by atoms with E-state index < -0.39 is 6.10 Å². The van der Waals surface area contributed by atoms with Crippen LogP contribution in [0, 0.1) is 20.8 Å². The maximum atomic E-state index is 12.7. The summed E-state index contributed by atoms with van der Waals surface area (Å²) in [6.45, 7) is 11.9. The standard InChI is InChI=1S/C19H28N2O4/c1-6-24-19(23)21-9-7-20(8-10-21)18(22)16(5)25-17-12-13(2)11-14(3)15(17)4/h11-12,16H,6-10H2,1-5H3/t16-/m1/s1. The highest BCUT2D eigenvalue weighted by Gasteiger charge is 2.28. The molecule has 0 N–H and O–H groups in total. The molecule has 6 heteroatoms. The van der Waals surface area contributed by atoms with Crippen molar-refractivity contribution in [2.75, 3.05) is 32.8 Å². The van der Waals surface area contributed by atoms with E-state index >= 15 is 0 Å². The van der Waals surface area contributed by atoms with Crippen LogP contribution in [0.15, 0.2) is 12.1 Å². The number of carbonyl (C=O) groups is 2. The van der Waals surface area contributed by atoms with Crippen LogP contribution in [0.5, 0.6) is 5.75 Å². The Bertz CT molecular complexity index is 637. The summed E-state index contributed by atoms with van der Waals surface area (Å²) in [4.78, 5) is 27.8. The van der Waals surface area contributed by atoms with Crippen molar-refractivity contribution in [1.82, 2.24) is 9.80 Å². The third-order valence-corrected chi connectivity index (χ3v) is 4.53. The molecule has 1 fully saturated rings. The highest BCUT2D eigenvalue weighted by atomic mass is 16.6. The van der Waals surface area contributed by atoms with Gasteiger partial charge in [0.2, 0.25) is 0 Å². The maximum Gasteiger partial charge on any atom is 0.409 e. The Kier molecular flexibility index (Phi) is 6.28. The molecule has 25 heavy (non-hydrogen) atoms. The average molecular weight is 348 g/mol. The summed E-state index contributed by atoms with van der Waals surface area (Å²) in [6, 6.07) is 4.06. The molecule has 1 saturated heterocycles. The van der Waals surface area contributed by atoms with Gasteiger partial charge < -0.3 is 19.3 Å². The second-order valence-electron chi connectivity index (χ2n) is 6.48. The van der Waals surface area contributed by atoms with Gasteiger partial charge in [0, 0.05) is 26.2 Å². The van der Waals surface area contributed by atoms with Crippen molar-refractivity contribution in [2.24, 2.45) is 0 Å². The minimum atomic E-state index is -0.561. The molecule has 1 aliphatic heterocycles. The largest absolute Gasteiger partial charge is 0.481 e. The molecule has 0 bridgehead atoms. The first-order valence-electron chi connectivity index (χ1n) is 8.78. The molecule has 0 aromatic heterocycles. The van der Waals surface area contributed by atoms with Crippen molar-refractivity contribution >= 4 is 12.0 Å². The molecule has 1 aliphatic rings. The molecule has 1 atom stereocenters. The fourth-order valence-corrected chi connectivity index (χ4v) is 2.95. The summed E-state index contributed by atoms with van der Waals surface area (Å²) in [5, 5.41) is 0. The molecule has 0 unspecified atom stereocenters. The molecule has 1 heterocycles. The Labute approximate surface area is 149 Å². The van der Waals surface area contributed by atoms with Gasteiger partial charge in [0.15, 0.2) is 6.10 Å². The fraction of sp³-hybridized carbons (Fsp3) is 0.579. The van der Waals surface area contributed by atoms with Gasteiger partial charge in [-0.05, 0) is 57.4 Å². The van der Waals surface area contributed by atoms with Gasteiger partial charge in [0.25, 0.3) is 5.91 Å². The summed E-state index contributed by atoms with van der Waals surface area (Å²) in [7, 11) is 0. The second-order valence-corrected chi connectivity index (χ2v) is 6.48. The van der Waals surface area contributed by atoms with Crippen LogP contribution in [-0.4, -0.2) is 60.7 Å². The number of ether oxygens (including phenoxy) is 2. The van der Waals surface area contributed by atoms with Gasteiger partial charge in [-0.2, -0.15) is 0 Å². The van der Waals surface area contributed by atoms with Crippen LogP contribution in [0.3, 0.4) is 0 Å². The predicted molar refractivity (Wildman–Crippen MR) is 95.9 cm³/mol. The summed E-state index contributed by atoms with van der Waals surface area (Å²) in [5.74, 6) is 0.700. The number of carbonyl (C=O) groups excluding carboxylic acids is 2. The van der Waals surface area contributed by atoms with Gasteiger partial charge in [-0.15, -0.1) is 0 Å². The molecule has 1 aromatic rings.